The monoisotopic (exact) mass is 425 g/mol. The number of nitrogens with zero attached hydrogens (tertiary/aromatic N) is 1. The lowest BCUT2D eigenvalue weighted by molar-refractivity contribution is -0.362. The van der Waals surface area contributed by atoms with Crippen LogP contribution in [-0.4, -0.2) is 68.8 Å². The number of ether oxygens (including phenoxy) is 2. The van der Waals surface area contributed by atoms with Crippen molar-refractivity contribution in [3.05, 3.63) is 27.4 Å². The van der Waals surface area contributed by atoms with Crippen LogP contribution in [0.3, 0.4) is 0 Å². The van der Waals surface area contributed by atoms with Crippen LogP contribution in [0, 0.1) is 4.77 Å². The van der Waals surface area contributed by atoms with Crippen LogP contribution in [0.15, 0.2) is 17.1 Å². The minimum absolute atomic E-state index is 0.147. The molecule has 11 nitrogen and oxygen atoms in total. The number of hydrogen-bond acceptors (Lipinski definition) is 10. The fourth-order valence-corrected chi connectivity index (χ4v) is 2.31. The molecule has 1 aromatic rings. The van der Waals surface area contributed by atoms with Gasteiger partial charge in [-0.15, -0.1) is 0 Å². The molecule has 2 unspecified atom stereocenters. The van der Waals surface area contributed by atoms with Crippen molar-refractivity contribution in [3.63, 3.8) is 0 Å². The predicted molar refractivity (Wildman–Crippen MR) is 104 cm³/mol. The molecule has 0 bridgehead atoms. The van der Waals surface area contributed by atoms with Crippen LogP contribution in [0.5, 0.6) is 0 Å². The highest BCUT2D eigenvalue weighted by atomic mass is 32.1. The smallest absolute Gasteiger partial charge is 0.352 e. The average molecular weight is 426 g/mol. The second-order valence-electron chi connectivity index (χ2n) is 5.22. The van der Waals surface area contributed by atoms with Crippen molar-refractivity contribution in [3.8, 4) is 0 Å². The molecule has 1 aromatic heterocycles. The first-order valence-corrected chi connectivity index (χ1v) is 8.89. The van der Waals surface area contributed by atoms with E-state index in [2.05, 4.69) is 23.6 Å². The van der Waals surface area contributed by atoms with Gasteiger partial charge in [-0.25, -0.2) is 0 Å². The third kappa shape index (κ3) is 9.50. The SMILES string of the molecule is CCC.CO.CO.NCC(=O)OC(O)(O)C1CCC(n2ccc(=O)[nH]c2=S)O1. The van der Waals surface area contributed by atoms with Gasteiger partial charge < -0.3 is 35.6 Å². The Morgan fingerprint density at radius 1 is 1.36 bits per heavy atom. The highest BCUT2D eigenvalue weighted by Gasteiger charge is 2.45. The molecule has 7 N–H and O–H groups in total. The molecule has 1 fully saturated rings. The quantitative estimate of drug-likeness (QED) is 0.206. The van der Waals surface area contributed by atoms with Crippen molar-refractivity contribution in [1.29, 1.82) is 0 Å². The van der Waals surface area contributed by atoms with Gasteiger partial charge in [0.1, 0.15) is 6.23 Å². The molecular weight excluding hydrogens is 394 g/mol. The zero-order valence-electron chi connectivity index (χ0n) is 16.5. The number of nitrogens with one attached hydrogen (secondary N) is 1. The topological polar surface area (TPSA) is 180 Å². The predicted octanol–water partition coefficient (Wildman–Crippen LogP) is -0.643. The fraction of sp³-hybridized carbons (Fsp3) is 0.688. The standard InChI is InChI=1S/C11H15N3O6S.C3H8.2CH4O/c12-5-9(16)20-11(17,18)6-1-2-8(19-6)14-4-3-7(15)13-10(14)21;1-3-2;2*1-2/h3-4,6,8,17-18H,1-2,5,12H2,(H,13,15,21);3H2,1-2H3;2*2H,1H3. The molecule has 0 amide bonds. The third-order valence-electron chi connectivity index (χ3n) is 3.01. The number of aromatic nitrogens is 2. The van der Waals surface area contributed by atoms with E-state index in [9.17, 15) is 19.8 Å². The second-order valence-corrected chi connectivity index (χ2v) is 5.60. The van der Waals surface area contributed by atoms with Crippen LogP contribution < -0.4 is 11.3 Å². The number of hydrogen-bond donors (Lipinski definition) is 6. The van der Waals surface area contributed by atoms with E-state index in [1.807, 2.05) is 0 Å². The van der Waals surface area contributed by atoms with Crippen LogP contribution in [0.4, 0.5) is 0 Å². The maximum absolute atomic E-state index is 11.1. The summed E-state index contributed by atoms with van der Waals surface area (Å²) in [6.07, 6.45) is 1.56. The number of aliphatic hydroxyl groups excluding tert-OH is 2. The van der Waals surface area contributed by atoms with E-state index in [-0.39, 0.29) is 16.8 Å². The number of aromatic amines is 1. The lowest BCUT2D eigenvalue weighted by Crippen LogP contribution is -2.47. The fourth-order valence-electron chi connectivity index (χ4n) is 2.03. The molecule has 2 atom stereocenters. The number of H-pyrrole nitrogens is 1. The van der Waals surface area contributed by atoms with Gasteiger partial charge in [0.05, 0.1) is 6.54 Å². The van der Waals surface area contributed by atoms with Gasteiger partial charge in [-0.05, 0) is 25.1 Å². The van der Waals surface area contributed by atoms with Crippen molar-refractivity contribution in [1.82, 2.24) is 9.55 Å². The van der Waals surface area contributed by atoms with Gasteiger partial charge in [0.2, 0.25) is 0 Å². The van der Waals surface area contributed by atoms with Crippen molar-refractivity contribution in [2.24, 2.45) is 5.73 Å². The Bertz CT molecular complexity index is 662. The zero-order chi connectivity index (χ0) is 22.3. The molecule has 1 aliphatic rings. The van der Waals surface area contributed by atoms with E-state index in [0.29, 0.717) is 6.42 Å². The largest absolute Gasteiger partial charge is 0.405 e. The van der Waals surface area contributed by atoms with E-state index in [1.165, 1.54) is 23.3 Å². The summed E-state index contributed by atoms with van der Waals surface area (Å²) in [4.78, 5) is 24.6. The van der Waals surface area contributed by atoms with Crippen LogP contribution in [0.1, 0.15) is 39.3 Å². The molecule has 1 saturated heterocycles. The Kier molecular flexibility index (Phi) is 15.6. The van der Waals surface area contributed by atoms with Gasteiger partial charge in [0.25, 0.3) is 5.56 Å². The Balaban J connectivity index is 0. The molecule has 2 rings (SSSR count). The third-order valence-corrected chi connectivity index (χ3v) is 3.32. The number of carbonyl (C=O) groups excluding carboxylic acids is 1. The summed E-state index contributed by atoms with van der Waals surface area (Å²) in [5, 5.41) is 33.5. The van der Waals surface area contributed by atoms with E-state index >= 15 is 0 Å². The first kappa shape index (κ1) is 28.5. The van der Waals surface area contributed by atoms with Gasteiger partial charge >= 0.3 is 11.9 Å². The molecule has 0 saturated carbocycles. The van der Waals surface area contributed by atoms with Gasteiger partial charge in [-0.3, -0.25) is 19.1 Å². The Hall–Kier alpha value is -1.67. The molecule has 0 aromatic carbocycles. The summed E-state index contributed by atoms with van der Waals surface area (Å²) < 4.78 is 11.5. The number of rotatable bonds is 4. The highest BCUT2D eigenvalue weighted by Crippen LogP contribution is 2.33. The molecule has 0 radical (unpaired) electrons. The number of aliphatic hydroxyl groups is 4. The van der Waals surface area contributed by atoms with Crippen LogP contribution >= 0.6 is 12.2 Å². The molecular formula is C16H31N3O8S. The summed E-state index contributed by atoms with van der Waals surface area (Å²) in [6, 6.07) is 1.27. The van der Waals surface area contributed by atoms with Crippen molar-refractivity contribution < 1.29 is 34.7 Å². The molecule has 0 spiro atoms. The maximum Gasteiger partial charge on any atom is 0.352 e. The minimum Gasteiger partial charge on any atom is -0.405 e. The Morgan fingerprint density at radius 2 is 1.89 bits per heavy atom. The van der Waals surface area contributed by atoms with Crippen LogP contribution in [-0.2, 0) is 14.3 Å². The normalized spacial score (nSPS) is 17.8. The average Bonchev–Trinajstić information content (AvgIpc) is 3.16. The van der Waals surface area contributed by atoms with E-state index in [0.717, 1.165) is 14.2 Å². The maximum atomic E-state index is 11.1. The molecule has 1 aliphatic heterocycles. The lowest BCUT2D eigenvalue weighted by atomic mass is 10.2. The van der Waals surface area contributed by atoms with Crippen molar-refractivity contribution >= 4 is 18.2 Å². The summed E-state index contributed by atoms with van der Waals surface area (Å²) in [5.41, 5.74) is 4.70. The summed E-state index contributed by atoms with van der Waals surface area (Å²) in [5.74, 6) is -3.73. The minimum atomic E-state index is -2.77. The first-order chi connectivity index (χ1) is 13.2. The number of nitrogens with two attached hydrogens (primary N) is 1. The summed E-state index contributed by atoms with van der Waals surface area (Å²) in [6.45, 7) is 3.77. The number of esters is 1. The van der Waals surface area contributed by atoms with E-state index < -0.39 is 30.8 Å². The Labute approximate surface area is 168 Å². The molecule has 28 heavy (non-hydrogen) atoms. The van der Waals surface area contributed by atoms with Gasteiger partial charge in [-0.1, -0.05) is 20.3 Å². The highest BCUT2D eigenvalue weighted by molar-refractivity contribution is 7.71. The Morgan fingerprint density at radius 3 is 2.36 bits per heavy atom. The molecule has 12 heteroatoms. The zero-order valence-corrected chi connectivity index (χ0v) is 17.3. The van der Waals surface area contributed by atoms with E-state index in [1.54, 1.807) is 0 Å². The first-order valence-electron chi connectivity index (χ1n) is 8.48. The van der Waals surface area contributed by atoms with Gasteiger partial charge in [0, 0.05) is 26.5 Å². The van der Waals surface area contributed by atoms with E-state index in [4.69, 9.17) is 32.9 Å². The van der Waals surface area contributed by atoms with Crippen molar-refractivity contribution in [2.75, 3.05) is 20.8 Å². The summed E-state index contributed by atoms with van der Waals surface area (Å²) >= 11 is 5.00. The lowest BCUT2D eigenvalue weighted by Gasteiger charge is -2.27. The van der Waals surface area contributed by atoms with Crippen LogP contribution in [0.2, 0.25) is 0 Å². The molecule has 164 valence electrons. The summed E-state index contributed by atoms with van der Waals surface area (Å²) in [7, 11) is 2.00. The van der Waals surface area contributed by atoms with Gasteiger partial charge in [-0.2, -0.15) is 0 Å². The number of carbonyl (C=O) groups is 1. The second kappa shape index (κ2) is 15.3. The molecule has 0 aliphatic carbocycles. The van der Waals surface area contributed by atoms with Gasteiger partial charge in [0.15, 0.2) is 10.9 Å². The molecule has 2 heterocycles. The van der Waals surface area contributed by atoms with Crippen molar-refractivity contribution in [2.45, 2.75) is 51.4 Å². The van der Waals surface area contributed by atoms with Crippen LogP contribution in [0.25, 0.3) is 0 Å².